The van der Waals surface area contributed by atoms with Gasteiger partial charge in [0, 0.05) is 45.5 Å². The minimum Gasteiger partial charge on any atom is -0.324 e. The highest BCUT2D eigenvalue weighted by Gasteiger charge is 2.44. The van der Waals surface area contributed by atoms with Crippen LogP contribution in [0.3, 0.4) is 0 Å². The van der Waals surface area contributed by atoms with Crippen molar-refractivity contribution in [3.05, 3.63) is 96.9 Å². The van der Waals surface area contributed by atoms with Crippen LogP contribution in [0.2, 0.25) is 0 Å². The summed E-state index contributed by atoms with van der Waals surface area (Å²) in [6.07, 6.45) is 10.0. The van der Waals surface area contributed by atoms with Crippen molar-refractivity contribution in [2.24, 2.45) is 0 Å². The monoisotopic (exact) mass is 634 g/mol. The fourth-order valence-electron chi connectivity index (χ4n) is 5.57. The predicted octanol–water partition coefficient (Wildman–Crippen LogP) is 8.23. The number of carbonyl (C=O) groups excluding carboxylic acids is 2. The maximum Gasteiger partial charge on any atom is 0.258 e. The number of nitrogens with one attached hydrogen (secondary N) is 2. The minimum absolute atomic E-state index is 0.0420. The van der Waals surface area contributed by atoms with Crippen LogP contribution in [0.5, 0.6) is 0 Å². The van der Waals surface area contributed by atoms with Crippen LogP contribution in [0, 0.1) is 0 Å². The van der Waals surface area contributed by atoms with Gasteiger partial charge in [0.25, 0.3) is 11.8 Å². The zero-order valence-corrected chi connectivity index (χ0v) is 25.9. The first-order chi connectivity index (χ1) is 19.6. The van der Waals surface area contributed by atoms with E-state index in [9.17, 15) is 9.59 Å². The van der Waals surface area contributed by atoms with Crippen molar-refractivity contribution in [3.8, 4) is 19.5 Å². The van der Waals surface area contributed by atoms with E-state index in [0.29, 0.717) is 27.3 Å². The summed E-state index contributed by atoms with van der Waals surface area (Å²) < 4.78 is 0. The Hall–Kier alpha value is -2.21. The van der Waals surface area contributed by atoms with Crippen molar-refractivity contribution in [2.45, 2.75) is 35.0 Å². The van der Waals surface area contributed by atoms with Gasteiger partial charge in [0.05, 0.1) is 27.0 Å². The number of thiophene rings is 3. The largest absolute Gasteiger partial charge is 0.324 e. The third-order valence-electron chi connectivity index (χ3n) is 7.47. The Morgan fingerprint density at radius 2 is 1.43 bits per heavy atom. The van der Waals surface area contributed by atoms with Gasteiger partial charge in [0.15, 0.2) is 0 Å². The minimum atomic E-state index is -0.182. The molecule has 0 aromatic carbocycles. The predicted molar refractivity (Wildman–Crippen MR) is 174 cm³/mol. The van der Waals surface area contributed by atoms with Gasteiger partial charge in [-0.2, -0.15) is 0 Å². The zero-order chi connectivity index (χ0) is 26.8. The van der Waals surface area contributed by atoms with Gasteiger partial charge in [-0.15, -0.1) is 69.3 Å². The highest BCUT2D eigenvalue weighted by atomic mass is 32.2. The summed E-state index contributed by atoms with van der Waals surface area (Å²) in [4.78, 5) is 34.9. The molecule has 0 aliphatic carbocycles. The number of thioether (sulfide) groups is 3. The first kappa shape index (κ1) is 25.5. The summed E-state index contributed by atoms with van der Waals surface area (Å²) in [5.74, 6) is -0.363. The molecule has 2 amide bonds. The van der Waals surface area contributed by atoms with Crippen LogP contribution in [0.4, 0.5) is 0 Å². The first-order valence-corrected chi connectivity index (χ1v) is 18.2. The van der Waals surface area contributed by atoms with Crippen LogP contribution in [-0.4, -0.2) is 27.6 Å². The fourth-order valence-corrected chi connectivity index (χ4v) is 12.5. The van der Waals surface area contributed by atoms with Gasteiger partial charge in [-0.25, -0.2) is 0 Å². The van der Waals surface area contributed by atoms with Crippen molar-refractivity contribution < 1.29 is 9.59 Å². The molecule has 5 aliphatic rings. The molecule has 40 heavy (non-hydrogen) atoms. The first-order valence-electron chi connectivity index (χ1n) is 13.0. The Balaban J connectivity index is 1.02. The number of amides is 2. The van der Waals surface area contributed by atoms with E-state index in [1.54, 1.807) is 45.8 Å². The number of carbonyl (C=O) groups is 2. The van der Waals surface area contributed by atoms with Crippen LogP contribution in [-0.2, 0) is 9.59 Å². The smallest absolute Gasteiger partial charge is 0.258 e. The molecule has 3 aromatic heterocycles. The van der Waals surface area contributed by atoms with E-state index in [1.165, 1.54) is 24.4 Å². The second kappa shape index (κ2) is 10.3. The van der Waals surface area contributed by atoms with Gasteiger partial charge in [-0.1, -0.05) is 24.3 Å². The molecule has 2 N–H and O–H groups in total. The molecule has 3 atom stereocenters. The number of allylic oxidation sites excluding steroid dienone is 3. The maximum atomic E-state index is 13.2. The summed E-state index contributed by atoms with van der Waals surface area (Å²) >= 11 is 10.8. The molecular formula is C30H22N2O2S6. The van der Waals surface area contributed by atoms with Crippen LogP contribution in [0.1, 0.15) is 24.1 Å². The molecule has 8 rings (SSSR count). The number of rotatable bonds is 6. The van der Waals surface area contributed by atoms with Gasteiger partial charge in [-0.3, -0.25) is 9.59 Å². The number of hydrogen-bond acceptors (Lipinski definition) is 8. The molecule has 5 aliphatic heterocycles. The Morgan fingerprint density at radius 3 is 2.20 bits per heavy atom. The second-order valence-corrected chi connectivity index (χ2v) is 16.7. The lowest BCUT2D eigenvalue weighted by atomic mass is 10.1. The van der Waals surface area contributed by atoms with Gasteiger partial charge in [0.1, 0.15) is 0 Å². The molecule has 3 unspecified atom stereocenters. The van der Waals surface area contributed by atoms with Gasteiger partial charge >= 0.3 is 0 Å². The van der Waals surface area contributed by atoms with Gasteiger partial charge in [0.2, 0.25) is 0 Å². The van der Waals surface area contributed by atoms with Gasteiger partial charge in [-0.05, 0) is 60.4 Å². The maximum absolute atomic E-state index is 13.2. The summed E-state index contributed by atoms with van der Waals surface area (Å²) in [6.45, 7) is 0. The standard InChI is InChI=1S/C30H22N2O2S6/c33-29-25-26(28(32-29)24-12-10-22(40-24)20-8-6-18(38-20)16-4-2-14-36-16)30(34)31-27(25)23-11-9-21(39-23)19-7-5-17(37-19)15-3-1-13-35-15/h1-3,5,7-11,13-14,16,18,24H,4,6,12H2,(H,31,34)(H,32,33). The van der Waals surface area contributed by atoms with Crippen molar-refractivity contribution in [2.75, 3.05) is 0 Å². The quantitative estimate of drug-likeness (QED) is 0.286. The number of hydrogen-bond donors (Lipinski definition) is 2. The molecule has 3 aromatic rings. The highest BCUT2D eigenvalue weighted by molar-refractivity contribution is 8.10. The summed E-state index contributed by atoms with van der Waals surface area (Å²) in [5, 5.41) is 11.8. The molecule has 200 valence electrons. The summed E-state index contributed by atoms with van der Waals surface area (Å²) in [6, 6.07) is 12.6. The van der Waals surface area contributed by atoms with Crippen LogP contribution >= 0.6 is 69.3 Å². The molecule has 0 saturated carbocycles. The lowest BCUT2D eigenvalue weighted by molar-refractivity contribution is -0.117. The van der Waals surface area contributed by atoms with E-state index in [2.05, 4.69) is 70.0 Å². The molecule has 4 nitrogen and oxygen atoms in total. The van der Waals surface area contributed by atoms with E-state index in [4.69, 9.17) is 0 Å². The SMILES string of the molecule is O=C1NC(C2CC=C(C3=CCC(C4CC=CS4)S3)S2)=C2C(=O)NC(c3ccc(-c4ccc(-c5cccs5)s4)s3)=C12. The lowest BCUT2D eigenvalue weighted by Gasteiger charge is -2.17. The number of fused-ring (bicyclic) bond motifs is 1. The summed E-state index contributed by atoms with van der Waals surface area (Å²) in [7, 11) is 0. The van der Waals surface area contributed by atoms with E-state index < -0.39 is 0 Å². The molecule has 0 radical (unpaired) electrons. The van der Waals surface area contributed by atoms with E-state index in [-0.39, 0.29) is 17.1 Å². The molecule has 10 heteroatoms. The molecule has 0 spiro atoms. The van der Waals surface area contributed by atoms with Crippen LogP contribution in [0.25, 0.3) is 25.2 Å². The molecular weight excluding hydrogens is 613 g/mol. The van der Waals surface area contributed by atoms with Crippen molar-refractivity contribution in [1.29, 1.82) is 0 Å². The average molecular weight is 635 g/mol. The van der Waals surface area contributed by atoms with Crippen molar-refractivity contribution >= 4 is 86.8 Å². The van der Waals surface area contributed by atoms with Crippen molar-refractivity contribution in [1.82, 2.24) is 10.6 Å². The fraction of sp³-hybridized carbons (Fsp3) is 0.200. The van der Waals surface area contributed by atoms with E-state index in [1.807, 2.05) is 29.6 Å². The molecule has 0 fully saturated rings. The molecule has 0 bridgehead atoms. The third kappa shape index (κ3) is 4.35. The third-order valence-corrected chi connectivity index (χ3v) is 15.3. The molecule has 8 heterocycles. The lowest BCUT2D eigenvalue weighted by Crippen LogP contribution is -2.25. The van der Waals surface area contributed by atoms with Crippen LogP contribution < -0.4 is 10.6 Å². The highest BCUT2D eigenvalue weighted by Crippen LogP contribution is 2.52. The Kier molecular flexibility index (Phi) is 6.54. The van der Waals surface area contributed by atoms with E-state index in [0.717, 1.165) is 34.7 Å². The zero-order valence-electron chi connectivity index (χ0n) is 21.0. The van der Waals surface area contributed by atoms with Crippen molar-refractivity contribution in [3.63, 3.8) is 0 Å². The Bertz CT molecular complexity index is 1710. The normalized spacial score (nSPS) is 25.6. The van der Waals surface area contributed by atoms with E-state index >= 15 is 0 Å². The Morgan fingerprint density at radius 1 is 0.700 bits per heavy atom. The Labute approximate surface area is 256 Å². The van der Waals surface area contributed by atoms with Crippen LogP contribution in [0.15, 0.2) is 92.1 Å². The topological polar surface area (TPSA) is 58.2 Å². The summed E-state index contributed by atoms with van der Waals surface area (Å²) in [5.41, 5.74) is 2.41. The molecule has 0 saturated heterocycles. The average Bonchev–Trinajstić information content (AvgIpc) is 3.82. The second-order valence-electron chi connectivity index (χ2n) is 9.90. The van der Waals surface area contributed by atoms with Gasteiger partial charge < -0.3 is 10.6 Å².